The molecular formula is C22H21N3O4. The summed E-state index contributed by atoms with van der Waals surface area (Å²) in [5.74, 6) is 0.0607. The van der Waals surface area contributed by atoms with Crippen molar-refractivity contribution in [1.29, 1.82) is 0 Å². The van der Waals surface area contributed by atoms with Gasteiger partial charge in [0.05, 0.1) is 22.6 Å². The molecule has 1 aliphatic rings. The van der Waals surface area contributed by atoms with Gasteiger partial charge in [0.1, 0.15) is 13.2 Å². The van der Waals surface area contributed by atoms with Crippen LogP contribution in [-0.2, 0) is 11.3 Å². The number of hydrogen-bond acceptors (Lipinski definition) is 5. The smallest absolute Gasteiger partial charge is 0.292 e. The number of aryl methyl sites for hydroxylation is 1. The molecule has 0 saturated carbocycles. The topological polar surface area (TPSA) is 82.5 Å². The van der Waals surface area contributed by atoms with E-state index in [0.29, 0.717) is 41.7 Å². The average Bonchev–Trinajstić information content (AvgIpc) is 3.05. The van der Waals surface area contributed by atoms with Crippen molar-refractivity contribution >= 4 is 11.7 Å². The Morgan fingerprint density at radius 3 is 2.52 bits per heavy atom. The van der Waals surface area contributed by atoms with Crippen LogP contribution >= 0.6 is 0 Å². The van der Waals surface area contributed by atoms with Crippen molar-refractivity contribution in [1.82, 2.24) is 15.1 Å². The highest BCUT2D eigenvalue weighted by molar-refractivity contribution is 6.43. The van der Waals surface area contributed by atoms with E-state index >= 15 is 0 Å². The number of ketones is 1. The van der Waals surface area contributed by atoms with Gasteiger partial charge in [0, 0.05) is 6.54 Å². The normalized spacial score (nSPS) is 12.5. The van der Waals surface area contributed by atoms with Gasteiger partial charge in [0.15, 0.2) is 11.5 Å². The monoisotopic (exact) mass is 391 g/mol. The maximum Gasteiger partial charge on any atom is 0.292 e. The molecule has 1 amide bonds. The lowest BCUT2D eigenvalue weighted by atomic mass is 10.1. The van der Waals surface area contributed by atoms with Crippen LogP contribution in [0.4, 0.5) is 0 Å². The molecule has 0 bridgehead atoms. The molecule has 7 heteroatoms. The van der Waals surface area contributed by atoms with Gasteiger partial charge >= 0.3 is 0 Å². The molecule has 4 rings (SSSR count). The summed E-state index contributed by atoms with van der Waals surface area (Å²) in [6.45, 7) is 4.74. The summed E-state index contributed by atoms with van der Waals surface area (Å²) in [6.07, 6.45) is 0. The van der Waals surface area contributed by atoms with Crippen molar-refractivity contribution in [2.45, 2.75) is 20.4 Å². The number of hydrogen-bond donors (Lipinski definition) is 1. The first-order chi connectivity index (χ1) is 14.0. The third-order valence-corrected chi connectivity index (χ3v) is 4.79. The zero-order chi connectivity index (χ0) is 20.4. The van der Waals surface area contributed by atoms with Crippen molar-refractivity contribution in [3.63, 3.8) is 0 Å². The van der Waals surface area contributed by atoms with E-state index in [4.69, 9.17) is 9.47 Å². The maximum atomic E-state index is 12.8. The van der Waals surface area contributed by atoms with Gasteiger partial charge in [-0.05, 0) is 43.7 Å². The Kier molecular flexibility index (Phi) is 5.03. The van der Waals surface area contributed by atoms with Gasteiger partial charge in [-0.3, -0.25) is 9.59 Å². The Bertz CT molecular complexity index is 1070. The molecule has 1 aliphatic heterocycles. The summed E-state index contributed by atoms with van der Waals surface area (Å²) in [4.78, 5) is 25.3. The van der Waals surface area contributed by atoms with Crippen LogP contribution in [0.5, 0.6) is 11.5 Å². The van der Waals surface area contributed by atoms with Gasteiger partial charge in [-0.25, -0.2) is 4.68 Å². The van der Waals surface area contributed by atoms with Gasteiger partial charge in [0.25, 0.3) is 11.7 Å². The molecule has 2 aromatic carbocycles. The molecule has 0 saturated heterocycles. The van der Waals surface area contributed by atoms with E-state index in [2.05, 4.69) is 10.4 Å². The van der Waals surface area contributed by atoms with Crippen LogP contribution in [-0.4, -0.2) is 34.7 Å². The maximum absolute atomic E-state index is 12.8. The molecule has 0 unspecified atom stereocenters. The number of benzene rings is 2. The number of Topliss-reactive ketones (excluding diaryl/α,β-unsaturated/α-hetero) is 1. The molecule has 7 nitrogen and oxygen atoms in total. The number of fused-ring (bicyclic) bond motifs is 1. The second-order valence-electron chi connectivity index (χ2n) is 6.78. The van der Waals surface area contributed by atoms with E-state index in [1.165, 1.54) is 0 Å². The number of para-hydroxylation sites is 1. The zero-order valence-corrected chi connectivity index (χ0v) is 16.3. The SMILES string of the molecule is Cc1nn(-c2ccccc2)c(C)c1C(=O)C(=O)NCc1ccc2c(c1)OCCO2. The predicted octanol–water partition coefficient (Wildman–Crippen LogP) is 2.76. The predicted molar refractivity (Wildman–Crippen MR) is 107 cm³/mol. The lowest BCUT2D eigenvalue weighted by molar-refractivity contribution is -0.117. The molecule has 0 radical (unpaired) electrons. The summed E-state index contributed by atoms with van der Waals surface area (Å²) < 4.78 is 12.7. The molecule has 0 atom stereocenters. The minimum Gasteiger partial charge on any atom is -0.486 e. The van der Waals surface area contributed by atoms with Gasteiger partial charge in [-0.1, -0.05) is 24.3 Å². The fourth-order valence-corrected chi connectivity index (χ4v) is 3.37. The van der Waals surface area contributed by atoms with Crippen molar-refractivity contribution in [3.8, 4) is 17.2 Å². The lowest BCUT2D eigenvalue weighted by Crippen LogP contribution is -2.31. The number of ether oxygens (including phenoxy) is 2. The summed E-state index contributed by atoms with van der Waals surface area (Å²) in [6, 6.07) is 14.9. The van der Waals surface area contributed by atoms with E-state index in [0.717, 1.165) is 11.3 Å². The van der Waals surface area contributed by atoms with Crippen LogP contribution in [0.2, 0.25) is 0 Å². The second-order valence-corrected chi connectivity index (χ2v) is 6.78. The number of nitrogens with zero attached hydrogens (tertiary/aromatic N) is 2. The third-order valence-electron chi connectivity index (χ3n) is 4.79. The van der Waals surface area contributed by atoms with Gasteiger partial charge in [-0.2, -0.15) is 5.10 Å². The minimum atomic E-state index is -0.668. The highest BCUT2D eigenvalue weighted by Gasteiger charge is 2.25. The fraction of sp³-hybridized carbons (Fsp3) is 0.227. The van der Waals surface area contributed by atoms with Crippen LogP contribution < -0.4 is 14.8 Å². The van der Waals surface area contributed by atoms with E-state index in [-0.39, 0.29) is 6.54 Å². The van der Waals surface area contributed by atoms with Crippen molar-refractivity contribution in [2.75, 3.05) is 13.2 Å². The van der Waals surface area contributed by atoms with Crippen LogP contribution in [0.25, 0.3) is 5.69 Å². The van der Waals surface area contributed by atoms with Crippen LogP contribution in [0.15, 0.2) is 48.5 Å². The van der Waals surface area contributed by atoms with Crippen molar-refractivity contribution < 1.29 is 19.1 Å². The number of aromatic nitrogens is 2. The summed E-state index contributed by atoms with van der Waals surface area (Å²) >= 11 is 0. The molecule has 1 N–H and O–H groups in total. The molecule has 0 spiro atoms. The van der Waals surface area contributed by atoms with Crippen LogP contribution in [0.1, 0.15) is 27.3 Å². The first-order valence-corrected chi connectivity index (χ1v) is 9.37. The Morgan fingerprint density at radius 2 is 1.76 bits per heavy atom. The third kappa shape index (κ3) is 3.71. The fourth-order valence-electron chi connectivity index (χ4n) is 3.37. The summed E-state index contributed by atoms with van der Waals surface area (Å²) in [5.41, 5.74) is 3.14. The molecule has 1 aromatic heterocycles. The number of amides is 1. The molecule has 148 valence electrons. The molecule has 2 heterocycles. The van der Waals surface area contributed by atoms with Gasteiger partial charge in [-0.15, -0.1) is 0 Å². The lowest BCUT2D eigenvalue weighted by Gasteiger charge is -2.18. The summed E-state index contributed by atoms with van der Waals surface area (Å²) in [7, 11) is 0. The van der Waals surface area contributed by atoms with E-state index in [1.807, 2.05) is 42.5 Å². The second kappa shape index (κ2) is 7.79. The molecule has 0 aliphatic carbocycles. The Hall–Kier alpha value is -3.61. The standard InChI is InChI=1S/C22H21N3O4/c1-14-20(15(2)25(24-14)17-6-4-3-5-7-17)21(26)22(27)23-13-16-8-9-18-19(12-16)29-11-10-28-18/h3-9,12H,10-11,13H2,1-2H3,(H,23,27). The molecule has 0 fully saturated rings. The quantitative estimate of drug-likeness (QED) is 0.534. The first kappa shape index (κ1) is 18.7. The van der Waals surface area contributed by atoms with Crippen molar-refractivity contribution in [2.24, 2.45) is 0 Å². The Labute approximate surface area is 168 Å². The number of carbonyl (C=O) groups excluding carboxylic acids is 2. The van der Waals surface area contributed by atoms with Crippen LogP contribution in [0.3, 0.4) is 0 Å². The number of carbonyl (C=O) groups is 2. The Morgan fingerprint density at radius 1 is 1.03 bits per heavy atom. The minimum absolute atomic E-state index is 0.214. The molecule has 29 heavy (non-hydrogen) atoms. The highest BCUT2D eigenvalue weighted by Crippen LogP contribution is 2.30. The molecular weight excluding hydrogens is 370 g/mol. The van der Waals surface area contributed by atoms with Crippen LogP contribution in [0, 0.1) is 13.8 Å². The van der Waals surface area contributed by atoms with Gasteiger partial charge in [0.2, 0.25) is 0 Å². The molecule has 3 aromatic rings. The summed E-state index contributed by atoms with van der Waals surface area (Å²) in [5, 5.41) is 7.12. The largest absolute Gasteiger partial charge is 0.486 e. The number of rotatable bonds is 5. The van der Waals surface area contributed by atoms with E-state index < -0.39 is 11.7 Å². The van der Waals surface area contributed by atoms with E-state index in [1.54, 1.807) is 24.6 Å². The first-order valence-electron chi connectivity index (χ1n) is 9.37. The zero-order valence-electron chi connectivity index (χ0n) is 16.3. The highest BCUT2D eigenvalue weighted by atomic mass is 16.6. The Balaban J connectivity index is 1.49. The average molecular weight is 391 g/mol. The number of nitrogens with one attached hydrogen (secondary N) is 1. The van der Waals surface area contributed by atoms with Gasteiger partial charge < -0.3 is 14.8 Å². The van der Waals surface area contributed by atoms with E-state index in [9.17, 15) is 9.59 Å². The van der Waals surface area contributed by atoms with Crippen molar-refractivity contribution in [3.05, 3.63) is 71.0 Å².